The minimum Gasteiger partial charge on any atom is -0.457 e. The van der Waals surface area contributed by atoms with Crippen LogP contribution in [0.5, 0.6) is 11.5 Å². The second-order valence-corrected chi connectivity index (χ2v) is 4.61. The summed E-state index contributed by atoms with van der Waals surface area (Å²) in [6, 6.07) is 17.8. The highest BCUT2D eigenvalue weighted by atomic mass is 16.5. The first-order valence-electron chi connectivity index (χ1n) is 7.15. The van der Waals surface area contributed by atoms with Gasteiger partial charge in [0.05, 0.1) is 6.61 Å². The van der Waals surface area contributed by atoms with Crippen LogP contribution in [0.15, 0.2) is 54.6 Å². The van der Waals surface area contributed by atoms with Crippen LogP contribution in [0.4, 0.5) is 5.69 Å². The van der Waals surface area contributed by atoms with Gasteiger partial charge in [-0.25, -0.2) is 0 Å². The average molecular weight is 286 g/mol. The Labute approximate surface area is 126 Å². The Morgan fingerprint density at radius 2 is 1.52 bits per heavy atom. The Bertz CT molecular complexity index is 500. The normalized spacial score (nSPS) is 10.3. The van der Waals surface area contributed by atoms with Crippen LogP contribution in [0.3, 0.4) is 0 Å². The van der Waals surface area contributed by atoms with Crippen LogP contribution in [-0.4, -0.2) is 33.4 Å². The first kappa shape index (κ1) is 15.4. The molecule has 0 fully saturated rings. The van der Waals surface area contributed by atoms with Crippen LogP contribution in [0.2, 0.25) is 0 Å². The summed E-state index contributed by atoms with van der Waals surface area (Å²) in [5.74, 6) is 1.69. The Balaban J connectivity index is 1.72. The lowest BCUT2D eigenvalue weighted by molar-refractivity contribution is 0.200. The van der Waals surface area contributed by atoms with Crippen molar-refractivity contribution in [1.82, 2.24) is 5.32 Å². The van der Waals surface area contributed by atoms with Crippen LogP contribution >= 0.6 is 0 Å². The van der Waals surface area contributed by atoms with Gasteiger partial charge in [0.15, 0.2) is 0 Å². The predicted molar refractivity (Wildman–Crippen MR) is 86.2 cm³/mol. The third-order valence-corrected chi connectivity index (χ3v) is 2.95. The highest BCUT2D eigenvalue weighted by molar-refractivity contribution is 5.47. The molecule has 0 saturated heterocycles. The maximum absolute atomic E-state index is 5.75. The molecule has 2 aromatic carbocycles. The van der Waals surface area contributed by atoms with Gasteiger partial charge in [0.25, 0.3) is 0 Å². The van der Waals surface area contributed by atoms with Crippen molar-refractivity contribution in [3.8, 4) is 11.5 Å². The highest BCUT2D eigenvalue weighted by Crippen LogP contribution is 2.22. The fraction of sp³-hybridized carbons (Fsp3) is 0.294. The van der Waals surface area contributed by atoms with E-state index in [4.69, 9.17) is 9.47 Å². The van der Waals surface area contributed by atoms with E-state index in [1.807, 2.05) is 54.6 Å². The van der Waals surface area contributed by atoms with Crippen LogP contribution in [0.1, 0.15) is 0 Å². The highest BCUT2D eigenvalue weighted by Gasteiger charge is 1.97. The predicted octanol–water partition coefficient (Wildman–Crippen LogP) is 3.13. The molecule has 0 spiro atoms. The number of benzene rings is 2. The van der Waals surface area contributed by atoms with Gasteiger partial charge < -0.3 is 20.1 Å². The van der Waals surface area contributed by atoms with E-state index in [-0.39, 0.29) is 0 Å². The molecule has 0 saturated carbocycles. The number of para-hydroxylation sites is 1. The van der Waals surface area contributed by atoms with Gasteiger partial charge in [-0.3, -0.25) is 0 Å². The summed E-state index contributed by atoms with van der Waals surface area (Å²) in [5.41, 5.74) is 1.09. The number of hydrogen-bond donors (Lipinski definition) is 2. The van der Waals surface area contributed by atoms with Crippen LogP contribution in [0.25, 0.3) is 0 Å². The molecular weight excluding hydrogens is 264 g/mol. The molecule has 0 aliphatic heterocycles. The van der Waals surface area contributed by atoms with Gasteiger partial charge >= 0.3 is 0 Å². The molecule has 2 aromatic rings. The molecule has 4 heteroatoms. The topological polar surface area (TPSA) is 42.5 Å². The molecule has 0 aliphatic carbocycles. The Hall–Kier alpha value is -2.04. The molecule has 0 bridgehead atoms. The molecule has 0 radical (unpaired) electrons. The second kappa shape index (κ2) is 9.00. The molecule has 0 unspecified atom stereocenters. The molecular formula is C17H22N2O2. The van der Waals surface area contributed by atoms with Gasteiger partial charge in [-0.15, -0.1) is 0 Å². The molecule has 4 nitrogen and oxygen atoms in total. The van der Waals surface area contributed by atoms with E-state index < -0.39 is 0 Å². The van der Waals surface area contributed by atoms with Crippen LogP contribution in [0, 0.1) is 0 Å². The number of hydrogen-bond acceptors (Lipinski definition) is 4. The third kappa shape index (κ3) is 5.85. The zero-order valence-electron chi connectivity index (χ0n) is 12.3. The van der Waals surface area contributed by atoms with Gasteiger partial charge in [-0.05, 0) is 36.4 Å². The Kier molecular flexibility index (Phi) is 6.58. The summed E-state index contributed by atoms with van der Waals surface area (Å²) in [4.78, 5) is 0. The largest absolute Gasteiger partial charge is 0.457 e. The number of anilines is 1. The number of nitrogens with one attached hydrogen (secondary N) is 2. The van der Waals surface area contributed by atoms with Gasteiger partial charge in [-0.2, -0.15) is 0 Å². The van der Waals surface area contributed by atoms with Crippen molar-refractivity contribution in [1.29, 1.82) is 0 Å². The van der Waals surface area contributed by atoms with E-state index in [2.05, 4.69) is 10.6 Å². The van der Waals surface area contributed by atoms with Crippen molar-refractivity contribution < 1.29 is 9.47 Å². The van der Waals surface area contributed by atoms with E-state index in [1.54, 1.807) is 7.11 Å². The lowest BCUT2D eigenvalue weighted by Gasteiger charge is -2.09. The van der Waals surface area contributed by atoms with Crippen molar-refractivity contribution in [2.24, 2.45) is 0 Å². The Morgan fingerprint density at radius 3 is 2.24 bits per heavy atom. The van der Waals surface area contributed by atoms with Crippen LogP contribution in [-0.2, 0) is 4.74 Å². The van der Waals surface area contributed by atoms with Crippen molar-refractivity contribution >= 4 is 5.69 Å². The molecule has 21 heavy (non-hydrogen) atoms. The Morgan fingerprint density at radius 1 is 0.810 bits per heavy atom. The number of rotatable bonds is 9. The fourth-order valence-corrected chi connectivity index (χ4v) is 1.86. The minimum atomic E-state index is 0.742. The molecule has 0 aliphatic rings. The SMILES string of the molecule is COCCNCCNc1ccc(Oc2ccccc2)cc1. The molecule has 0 atom stereocenters. The van der Waals surface area contributed by atoms with Gasteiger partial charge in [0.2, 0.25) is 0 Å². The van der Waals surface area contributed by atoms with E-state index in [0.717, 1.165) is 43.4 Å². The third-order valence-electron chi connectivity index (χ3n) is 2.95. The monoisotopic (exact) mass is 286 g/mol. The second-order valence-electron chi connectivity index (χ2n) is 4.61. The summed E-state index contributed by atoms with van der Waals surface area (Å²) in [6.07, 6.45) is 0. The fourth-order valence-electron chi connectivity index (χ4n) is 1.86. The first-order valence-corrected chi connectivity index (χ1v) is 7.15. The molecule has 0 heterocycles. The first-order chi connectivity index (χ1) is 10.4. The minimum absolute atomic E-state index is 0.742. The molecule has 2 rings (SSSR count). The van der Waals surface area contributed by atoms with Crippen molar-refractivity contribution in [2.45, 2.75) is 0 Å². The average Bonchev–Trinajstić information content (AvgIpc) is 2.53. The zero-order valence-corrected chi connectivity index (χ0v) is 12.3. The van der Waals surface area contributed by atoms with E-state index in [9.17, 15) is 0 Å². The lowest BCUT2D eigenvalue weighted by atomic mass is 10.3. The van der Waals surface area contributed by atoms with Crippen molar-refractivity contribution in [3.05, 3.63) is 54.6 Å². The van der Waals surface area contributed by atoms with Crippen LogP contribution < -0.4 is 15.4 Å². The number of methoxy groups -OCH3 is 1. The summed E-state index contributed by atoms with van der Waals surface area (Å²) >= 11 is 0. The quantitative estimate of drug-likeness (QED) is 0.695. The molecule has 0 amide bonds. The summed E-state index contributed by atoms with van der Waals surface area (Å²) in [5, 5.41) is 6.64. The summed E-state index contributed by atoms with van der Waals surface area (Å²) in [7, 11) is 1.71. The van der Waals surface area contributed by atoms with Crippen molar-refractivity contribution in [2.75, 3.05) is 38.7 Å². The van der Waals surface area contributed by atoms with E-state index in [0.29, 0.717) is 0 Å². The zero-order chi connectivity index (χ0) is 14.8. The summed E-state index contributed by atoms with van der Waals surface area (Å²) < 4.78 is 10.7. The van der Waals surface area contributed by atoms with Crippen molar-refractivity contribution in [3.63, 3.8) is 0 Å². The molecule has 112 valence electrons. The maximum Gasteiger partial charge on any atom is 0.127 e. The van der Waals surface area contributed by atoms with E-state index in [1.165, 1.54) is 0 Å². The van der Waals surface area contributed by atoms with Gasteiger partial charge in [0, 0.05) is 32.4 Å². The van der Waals surface area contributed by atoms with Gasteiger partial charge in [-0.1, -0.05) is 18.2 Å². The molecule has 2 N–H and O–H groups in total. The number of ether oxygens (including phenoxy) is 2. The molecule has 0 aromatic heterocycles. The maximum atomic E-state index is 5.75. The smallest absolute Gasteiger partial charge is 0.127 e. The summed E-state index contributed by atoms with van der Waals surface area (Å²) in [6.45, 7) is 3.40. The standard InChI is InChI=1S/C17H22N2O2/c1-20-14-13-18-11-12-19-15-7-9-17(10-8-15)21-16-5-3-2-4-6-16/h2-10,18-19H,11-14H2,1H3. The lowest BCUT2D eigenvalue weighted by Crippen LogP contribution is -2.25. The van der Waals surface area contributed by atoms with E-state index >= 15 is 0 Å². The van der Waals surface area contributed by atoms with Gasteiger partial charge in [0.1, 0.15) is 11.5 Å².